The predicted octanol–water partition coefficient (Wildman–Crippen LogP) is 7.85. The summed E-state index contributed by atoms with van der Waals surface area (Å²) in [7, 11) is 0. The van der Waals surface area contributed by atoms with Gasteiger partial charge in [0.2, 0.25) is 0 Å². The summed E-state index contributed by atoms with van der Waals surface area (Å²) in [6, 6.07) is 16.2. The number of anilines is 1. The molecular formula is C34H47N3S. The molecule has 0 saturated heterocycles. The van der Waals surface area contributed by atoms with Crippen LogP contribution in [-0.4, -0.2) is 24.5 Å². The first-order chi connectivity index (χ1) is 18.1. The molecule has 2 heterocycles. The third kappa shape index (κ3) is 6.24. The standard InChI is InChI=1S/C34H47N3S/c1-7-9-17-34(5,6)22-29-28-21-26(25-13-10-12-24(19-25)20-31(35)38)15-16-30(28)37(8-2)33(29)27-14-11-18-36-32(27)23(3)4/h7,10-16,19,21,23,29,31,33,36,38H,1,8-9,17-18,20,22,35H2,2-6H3. The summed E-state index contributed by atoms with van der Waals surface area (Å²) in [6.45, 7) is 17.7. The number of nitrogens with one attached hydrogen (secondary N) is 1. The first-order valence-electron chi connectivity index (χ1n) is 14.3. The van der Waals surface area contributed by atoms with E-state index in [9.17, 15) is 0 Å². The number of dihydropyridines is 1. The van der Waals surface area contributed by atoms with Crippen LogP contribution in [0.5, 0.6) is 0 Å². The molecular weight excluding hydrogens is 482 g/mol. The molecule has 2 aromatic carbocycles. The Hall–Kier alpha value is -2.43. The minimum absolute atomic E-state index is 0.146. The molecule has 0 fully saturated rings. The second kappa shape index (κ2) is 12.2. The van der Waals surface area contributed by atoms with Gasteiger partial charge in [-0.25, -0.2) is 0 Å². The summed E-state index contributed by atoms with van der Waals surface area (Å²) in [5, 5.41) is 3.58. The molecule has 4 heteroatoms. The van der Waals surface area contributed by atoms with Crippen molar-refractivity contribution in [2.24, 2.45) is 17.1 Å². The summed E-state index contributed by atoms with van der Waals surface area (Å²) in [4.78, 5) is 2.65. The van der Waals surface area contributed by atoms with Crippen molar-refractivity contribution in [3.05, 3.63) is 89.7 Å². The van der Waals surface area contributed by atoms with Crippen LogP contribution >= 0.6 is 12.6 Å². The van der Waals surface area contributed by atoms with Crippen molar-refractivity contribution in [3.8, 4) is 11.1 Å². The SMILES string of the molecule is C=CCCC(C)(C)CC1c2cc(-c3cccc(CC(N)S)c3)ccc2N(CC)C1C1=C(C(C)C)NCC=C1. The van der Waals surface area contributed by atoms with Gasteiger partial charge in [0.25, 0.3) is 0 Å². The van der Waals surface area contributed by atoms with E-state index in [2.05, 4.69) is 125 Å². The Morgan fingerprint density at radius 3 is 2.63 bits per heavy atom. The molecule has 2 aromatic rings. The minimum atomic E-state index is -0.146. The Bertz CT molecular complexity index is 1190. The zero-order valence-electron chi connectivity index (χ0n) is 24.0. The molecule has 4 rings (SSSR count). The number of hydrogen-bond acceptors (Lipinski definition) is 4. The molecule has 2 aliphatic rings. The van der Waals surface area contributed by atoms with Crippen LogP contribution in [0.3, 0.4) is 0 Å². The smallest absolute Gasteiger partial charge is 0.0628 e. The fourth-order valence-corrected chi connectivity index (χ4v) is 6.67. The van der Waals surface area contributed by atoms with Gasteiger partial charge in [-0.1, -0.05) is 76.3 Å². The number of allylic oxidation sites excluding steroid dienone is 2. The number of rotatable bonds is 11. The molecule has 3 nitrogen and oxygen atoms in total. The van der Waals surface area contributed by atoms with Crippen molar-refractivity contribution in [1.29, 1.82) is 0 Å². The molecule has 0 bridgehead atoms. The molecule has 0 spiro atoms. The molecule has 38 heavy (non-hydrogen) atoms. The highest BCUT2D eigenvalue weighted by Gasteiger charge is 2.43. The maximum atomic E-state index is 5.99. The highest BCUT2D eigenvalue weighted by molar-refractivity contribution is 7.80. The second-order valence-electron chi connectivity index (χ2n) is 12.1. The fraction of sp³-hybridized carbons (Fsp3) is 0.471. The van der Waals surface area contributed by atoms with Gasteiger partial charge in [0.15, 0.2) is 0 Å². The molecule has 204 valence electrons. The maximum absolute atomic E-state index is 5.99. The first kappa shape index (κ1) is 28.6. The van der Waals surface area contributed by atoms with E-state index >= 15 is 0 Å². The van der Waals surface area contributed by atoms with E-state index in [0.717, 1.165) is 38.8 Å². The predicted molar refractivity (Wildman–Crippen MR) is 169 cm³/mol. The van der Waals surface area contributed by atoms with E-state index in [1.807, 2.05) is 0 Å². The van der Waals surface area contributed by atoms with Gasteiger partial charge in [0.05, 0.1) is 11.4 Å². The summed E-state index contributed by atoms with van der Waals surface area (Å²) in [5.74, 6) is 0.871. The number of thiol groups is 1. The molecule has 0 saturated carbocycles. The summed E-state index contributed by atoms with van der Waals surface area (Å²) >= 11 is 4.41. The van der Waals surface area contributed by atoms with Crippen molar-refractivity contribution in [1.82, 2.24) is 5.32 Å². The number of fused-ring (bicyclic) bond motifs is 1. The van der Waals surface area contributed by atoms with Crippen molar-refractivity contribution in [3.63, 3.8) is 0 Å². The summed E-state index contributed by atoms with van der Waals surface area (Å²) in [6.07, 6.45) is 10.9. The average Bonchev–Trinajstić information content (AvgIpc) is 3.19. The maximum Gasteiger partial charge on any atom is 0.0628 e. The Morgan fingerprint density at radius 1 is 1.18 bits per heavy atom. The number of nitrogens with two attached hydrogens (primary N) is 1. The van der Waals surface area contributed by atoms with Crippen LogP contribution in [0.4, 0.5) is 5.69 Å². The molecule has 3 N–H and O–H groups in total. The van der Waals surface area contributed by atoms with E-state index in [1.165, 1.54) is 39.2 Å². The lowest BCUT2D eigenvalue weighted by Crippen LogP contribution is -2.40. The van der Waals surface area contributed by atoms with Gasteiger partial charge in [-0.3, -0.25) is 0 Å². The highest BCUT2D eigenvalue weighted by Crippen LogP contribution is 2.51. The molecule has 2 aliphatic heterocycles. The summed E-state index contributed by atoms with van der Waals surface area (Å²) in [5.41, 5.74) is 15.7. The van der Waals surface area contributed by atoms with Gasteiger partial charge in [0, 0.05) is 30.4 Å². The first-order valence-corrected chi connectivity index (χ1v) is 14.9. The zero-order valence-corrected chi connectivity index (χ0v) is 24.9. The van der Waals surface area contributed by atoms with Crippen molar-refractivity contribution in [2.45, 2.75) is 77.6 Å². The highest BCUT2D eigenvalue weighted by atomic mass is 32.1. The van der Waals surface area contributed by atoms with Gasteiger partial charge in [0.1, 0.15) is 0 Å². The third-order valence-electron chi connectivity index (χ3n) is 8.21. The van der Waals surface area contributed by atoms with Crippen LogP contribution < -0.4 is 16.0 Å². The lowest BCUT2D eigenvalue weighted by molar-refractivity contribution is 0.276. The van der Waals surface area contributed by atoms with Crippen LogP contribution in [0.25, 0.3) is 11.1 Å². The quantitative estimate of drug-likeness (QED) is 0.158. The average molecular weight is 530 g/mol. The van der Waals surface area contributed by atoms with E-state index in [4.69, 9.17) is 5.73 Å². The van der Waals surface area contributed by atoms with Crippen LogP contribution in [0.2, 0.25) is 0 Å². The lowest BCUT2D eigenvalue weighted by atomic mass is 9.73. The van der Waals surface area contributed by atoms with Crippen molar-refractivity contribution < 1.29 is 0 Å². The molecule has 0 amide bonds. The Kier molecular flexibility index (Phi) is 9.15. The van der Waals surface area contributed by atoms with Crippen molar-refractivity contribution >= 4 is 18.3 Å². The number of hydrogen-bond donors (Lipinski definition) is 3. The monoisotopic (exact) mass is 529 g/mol. The van der Waals surface area contributed by atoms with Crippen LogP contribution in [-0.2, 0) is 6.42 Å². The Balaban J connectivity index is 1.83. The Labute approximate surface area is 236 Å². The van der Waals surface area contributed by atoms with Gasteiger partial charge in [-0.2, -0.15) is 12.6 Å². The van der Waals surface area contributed by atoms with Crippen LogP contribution in [0, 0.1) is 11.3 Å². The fourth-order valence-electron chi connectivity index (χ4n) is 6.45. The van der Waals surface area contributed by atoms with Gasteiger partial charge in [-0.05, 0) is 83.9 Å². The summed E-state index contributed by atoms with van der Waals surface area (Å²) < 4.78 is 0. The zero-order chi connectivity index (χ0) is 27.4. The molecule has 3 atom stereocenters. The van der Waals surface area contributed by atoms with Gasteiger partial charge >= 0.3 is 0 Å². The van der Waals surface area contributed by atoms with E-state index in [1.54, 1.807) is 0 Å². The minimum Gasteiger partial charge on any atom is -0.384 e. The van der Waals surface area contributed by atoms with E-state index in [-0.39, 0.29) is 10.8 Å². The van der Waals surface area contributed by atoms with E-state index < -0.39 is 0 Å². The Morgan fingerprint density at radius 2 is 1.95 bits per heavy atom. The molecule has 0 aliphatic carbocycles. The van der Waals surface area contributed by atoms with Crippen LogP contribution in [0.15, 0.2) is 78.5 Å². The normalized spacial score (nSPS) is 20.1. The van der Waals surface area contributed by atoms with Gasteiger partial charge in [-0.15, -0.1) is 6.58 Å². The van der Waals surface area contributed by atoms with Gasteiger partial charge < -0.3 is 16.0 Å². The third-order valence-corrected chi connectivity index (χ3v) is 8.39. The number of nitrogens with zero attached hydrogens (tertiary/aromatic N) is 1. The second-order valence-corrected chi connectivity index (χ2v) is 12.7. The van der Waals surface area contributed by atoms with Crippen molar-refractivity contribution in [2.75, 3.05) is 18.0 Å². The molecule has 0 radical (unpaired) electrons. The van der Waals surface area contributed by atoms with E-state index in [0.29, 0.717) is 17.9 Å². The number of likely N-dealkylation sites (N-methyl/N-ethyl adjacent to an activating group) is 1. The topological polar surface area (TPSA) is 41.3 Å². The lowest BCUT2D eigenvalue weighted by Gasteiger charge is -2.37. The van der Waals surface area contributed by atoms with Crippen LogP contribution in [0.1, 0.15) is 70.9 Å². The largest absolute Gasteiger partial charge is 0.384 e. The molecule has 0 aromatic heterocycles. The number of benzene rings is 2. The molecule has 3 unspecified atom stereocenters.